The quantitative estimate of drug-likeness (QED) is 0.713. The third-order valence-electron chi connectivity index (χ3n) is 4.36. The SMILES string of the molecule is C=CS(=O)(=O)Nc1ccc2ncnc(C3CNc4cc(Cl)ccc43)c2c1. The lowest BCUT2D eigenvalue weighted by atomic mass is 9.94. The predicted octanol–water partition coefficient (Wildman–Crippen LogP) is 3.73. The maximum absolute atomic E-state index is 11.8. The Hall–Kier alpha value is -2.64. The summed E-state index contributed by atoms with van der Waals surface area (Å²) < 4.78 is 26.0. The van der Waals surface area contributed by atoms with Gasteiger partial charge in [0.2, 0.25) is 0 Å². The van der Waals surface area contributed by atoms with E-state index in [2.05, 4.69) is 26.6 Å². The summed E-state index contributed by atoms with van der Waals surface area (Å²) in [5, 5.41) is 5.69. The zero-order chi connectivity index (χ0) is 18.3. The van der Waals surface area contributed by atoms with E-state index in [-0.39, 0.29) is 5.92 Å². The average molecular weight is 387 g/mol. The van der Waals surface area contributed by atoms with E-state index in [0.29, 0.717) is 17.3 Å². The van der Waals surface area contributed by atoms with E-state index in [9.17, 15) is 8.42 Å². The Bertz CT molecular complexity index is 1130. The molecule has 0 saturated carbocycles. The minimum Gasteiger partial charge on any atom is -0.384 e. The first-order valence-corrected chi connectivity index (χ1v) is 9.82. The smallest absolute Gasteiger partial charge is 0.254 e. The monoisotopic (exact) mass is 386 g/mol. The molecule has 26 heavy (non-hydrogen) atoms. The van der Waals surface area contributed by atoms with Crippen LogP contribution in [-0.2, 0) is 10.0 Å². The second kappa shape index (κ2) is 6.26. The predicted molar refractivity (Wildman–Crippen MR) is 104 cm³/mol. The Morgan fingerprint density at radius 1 is 1.23 bits per heavy atom. The number of sulfonamides is 1. The molecular weight excluding hydrogens is 372 g/mol. The Kier molecular flexibility index (Phi) is 4.05. The molecule has 1 aliphatic heterocycles. The number of nitrogens with zero attached hydrogens (tertiary/aromatic N) is 2. The standard InChI is InChI=1S/C18H15ClN4O2S/c1-2-26(24,25)23-12-4-6-16-14(8-12)18(22-10-21-16)15-9-20-17-7-11(19)3-5-13(15)17/h2-8,10,15,20,23H,1,9H2. The van der Waals surface area contributed by atoms with Crippen LogP contribution in [0.1, 0.15) is 17.2 Å². The number of fused-ring (bicyclic) bond motifs is 2. The molecule has 132 valence electrons. The summed E-state index contributed by atoms with van der Waals surface area (Å²) in [6.45, 7) is 3.99. The molecule has 2 heterocycles. The Morgan fingerprint density at radius 2 is 2.08 bits per heavy atom. The van der Waals surface area contributed by atoms with Crippen LogP contribution in [0.4, 0.5) is 11.4 Å². The molecule has 1 atom stereocenters. The Balaban J connectivity index is 1.83. The number of rotatable bonds is 4. The second-order valence-electron chi connectivity index (χ2n) is 5.97. The summed E-state index contributed by atoms with van der Waals surface area (Å²) in [7, 11) is -3.58. The van der Waals surface area contributed by atoms with Gasteiger partial charge in [-0.15, -0.1) is 0 Å². The first-order valence-electron chi connectivity index (χ1n) is 7.90. The highest BCUT2D eigenvalue weighted by Gasteiger charge is 2.26. The van der Waals surface area contributed by atoms with Crippen molar-refractivity contribution in [1.82, 2.24) is 9.97 Å². The van der Waals surface area contributed by atoms with Crippen LogP contribution in [0.5, 0.6) is 0 Å². The fourth-order valence-corrected chi connectivity index (χ4v) is 3.89. The van der Waals surface area contributed by atoms with Crippen LogP contribution in [0, 0.1) is 0 Å². The number of hydrogen-bond donors (Lipinski definition) is 2. The number of halogens is 1. The molecule has 0 aliphatic carbocycles. The van der Waals surface area contributed by atoms with E-state index in [0.717, 1.165) is 33.3 Å². The van der Waals surface area contributed by atoms with Crippen molar-refractivity contribution >= 4 is 43.9 Å². The van der Waals surface area contributed by atoms with Gasteiger partial charge in [-0.3, -0.25) is 4.72 Å². The van der Waals surface area contributed by atoms with E-state index in [1.165, 1.54) is 6.33 Å². The van der Waals surface area contributed by atoms with E-state index in [1.54, 1.807) is 18.2 Å². The lowest BCUT2D eigenvalue weighted by Gasteiger charge is -2.13. The third-order valence-corrected chi connectivity index (χ3v) is 5.56. The number of hydrogen-bond acceptors (Lipinski definition) is 5. The highest BCUT2D eigenvalue weighted by Crippen LogP contribution is 2.39. The van der Waals surface area contributed by atoms with Crippen molar-refractivity contribution in [3.63, 3.8) is 0 Å². The van der Waals surface area contributed by atoms with Crippen LogP contribution in [0.3, 0.4) is 0 Å². The highest BCUT2D eigenvalue weighted by atomic mass is 35.5. The van der Waals surface area contributed by atoms with Gasteiger partial charge in [-0.05, 0) is 35.9 Å². The summed E-state index contributed by atoms with van der Waals surface area (Å²) in [5.41, 5.74) is 4.11. The van der Waals surface area contributed by atoms with Crippen LogP contribution in [0.2, 0.25) is 5.02 Å². The summed E-state index contributed by atoms with van der Waals surface area (Å²) >= 11 is 6.07. The van der Waals surface area contributed by atoms with Crippen molar-refractivity contribution in [2.24, 2.45) is 0 Å². The fourth-order valence-electron chi connectivity index (χ4n) is 3.18. The number of anilines is 2. The van der Waals surface area contributed by atoms with Crippen LogP contribution in [0.15, 0.2) is 54.7 Å². The van der Waals surface area contributed by atoms with Gasteiger partial charge in [0.1, 0.15) is 6.33 Å². The third kappa shape index (κ3) is 3.00. The van der Waals surface area contributed by atoms with E-state index >= 15 is 0 Å². The minimum atomic E-state index is -3.58. The van der Waals surface area contributed by atoms with Crippen molar-refractivity contribution in [2.75, 3.05) is 16.6 Å². The minimum absolute atomic E-state index is 0.0269. The molecule has 1 unspecified atom stereocenters. The van der Waals surface area contributed by atoms with Gasteiger partial charge in [-0.2, -0.15) is 0 Å². The number of benzene rings is 2. The normalized spacial score (nSPS) is 16.1. The van der Waals surface area contributed by atoms with Gasteiger partial charge in [0.15, 0.2) is 0 Å². The van der Waals surface area contributed by atoms with Crippen LogP contribution in [0.25, 0.3) is 10.9 Å². The van der Waals surface area contributed by atoms with Gasteiger partial charge >= 0.3 is 0 Å². The molecule has 6 nitrogen and oxygen atoms in total. The molecule has 0 radical (unpaired) electrons. The number of nitrogens with one attached hydrogen (secondary N) is 2. The molecule has 0 saturated heterocycles. The largest absolute Gasteiger partial charge is 0.384 e. The first-order chi connectivity index (χ1) is 12.5. The van der Waals surface area contributed by atoms with E-state index in [4.69, 9.17) is 11.6 Å². The van der Waals surface area contributed by atoms with Crippen molar-refractivity contribution in [2.45, 2.75) is 5.92 Å². The lowest BCUT2D eigenvalue weighted by Crippen LogP contribution is -2.10. The van der Waals surface area contributed by atoms with Gasteiger partial charge in [0.25, 0.3) is 10.0 Å². The van der Waals surface area contributed by atoms with Crippen molar-refractivity contribution in [1.29, 1.82) is 0 Å². The Morgan fingerprint density at radius 3 is 2.88 bits per heavy atom. The molecule has 1 aromatic heterocycles. The van der Waals surface area contributed by atoms with E-state index < -0.39 is 10.0 Å². The van der Waals surface area contributed by atoms with Crippen molar-refractivity contribution in [3.05, 3.63) is 71.0 Å². The molecule has 0 amide bonds. The summed E-state index contributed by atoms with van der Waals surface area (Å²) in [6, 6.07) is 10.9. The van der Waals surface area contributed by atoms with Crippen LogP contribution >= 0.6 is 11.6 Å². The van der Waals surface area contributed by atoms with Crippen molar-refractivity contribution in [3.8, 4) is 0 Å². The fraction of sp³-hybridized carbons (Fsp3) is 0.111. The van der Waals surface area contributed by atoms with E-state index in [1.807, 2.05) is 18.2 Å². The van der Waals surface area contributed by atoms with Gasteiger partial charge in [-0.1, -0.05) is 24.2 Å². The highest BCUT2D eigenvalue weighted by molar-refractivity contribution is 7.95. The lowest BCUT2D eigenvalue weighted by molar-refractivity contribution is 0.609. The molecule has 0 bridgehead atoms. The first kappa shape index (κ1) is 16.8. The summed E-state index contributed by atoms with van der Waals surface area (Å²) in [4.78, 5) is 8.78. The summed E-state index contributed by atoms with van der Waals surface area (Å²) in [5.74, 6) is 0.0269. The van der Waals surface area contributed by atoms with Gasteiger partial charge in [0, 0.05) is 39.7 Å². The molecule has 8 heteroatoms. The molecular formula is C18H15ClN4O2S. The molecule has 4 rings (SSSR count). The van der Waals surface area contributed by atoms with Crippen molar-refractivity contribution < 1.29 is 8.42 Å². The molecule has 0 fully saturated rings. The van der Waals surface area contributed by atoms with Crippen LogP contribution < -0.4 is 10.0 Å². The molecule has 2 N–H and O–H groups in total. The maximum Gasteiger partial charge on any atom is 0.254 e. The topological polar surface area (TPSA) is 84.0 Å². The molecule has 2 aromatic carbocycles. The van der Waals surface area contributed by atoms with Gasteiger partial charge in [0.05, 0.1) is 11.2 Å². The molecule has 3 aromatic rings. The zero-order valence-corrected chi connectivity index (χ0v) is 15.2. The summed E-state index contributed by atoms with van der Waals surface area (Å²) in [6.07, 6.45) is 1.53. The number of aromatic nitrogens is 2. The molecule has 1 aliphatic rings. The van der Waals surface area contributed by atoms with Gasteiger partial charge in [-0.25, -0.2) is 18.4 Å². The van der Waals surface area contributed by atoms with Crippen LogP contribution in [-0.4, -0.2) is 24.9 Å². The maximum atomic E-state index is 11.8. The zero-order valence-electron chi connectivity index (χ0n) is 13.6. The molecule has 0 spiro atoms. The second-order valence-corrected chi connectivity index (χ2v) is 8.03. The Labute approximate surface area is 156 Å². The van der Waals surface area contributed by atoms with Gasteiger partial charge < -0.3 is 5.32 Å². The average Bonchev–Trinajstić information content (AvgIpc) is 3.03.